The van der Waals surface area contributed by atoms with E-state index in [-0.39, 0.29) is 4.90 Å². The van der Waals surface area contributed by atoms with Crippen LogP contribution in [0.25, 0.3) is 4.83 Å². The first kappa shape index (κ1) is 13.0. The molecule has 1 aromatic rings. The first-order valence-corrected chi connectivity index (χ1v) is 7.37. The predicted molar refractivity (Wildman–Crippen MR) is 67.1 cm³/mol. The molecule has 7 heteroatoms. The molecule has 1 aromatic carbocycles. The van der Waals surface area contributed by atoms with E-state index in [1.165, 1.54) is 17.1 Å². The number of rotatable bonds is 3. The molecule has 5 nitrogen and oxygen atoms in total. The van der Waals surface area contributed by atoms with E-state index in [1.54, 1.807) is 12.1 Å². The second-order valence-electron chi connectivity index (χ2n) is 3.58. The third-order valence-electron chi connectivity index (χ3n) is 2.32. The lowest BCUT2D eigenvalue weighted by atomic mass is 10.4. The molecule has 1 aliphatic heterocycles. The van der Waals surface area contributed by atoms with Crippen LogP contribution < -0.4 is 0 Å². The van der Waals surface area contributed by atoms with Gasteiger partial charge in [0, 0.05) is 22.5 Å². The Morgan fingerprint density at radius 2 is 1.76 bits per heavy atom. The van der Waals surface area contributed by atoms with Gasteiger partial charge in [-0.05, 0) is 24.3 Å². The number of hydrogen-bond acceptors (Lipinski definition) is 4. The summed E-state index contributed by atoms with van der Waals surface area (Å²) in [6, 6.07) is 6.43. The summed E-state index contributed by atoms with van der Waals surface area (Å²) in [6.45, 7) is 2.05. The van der Waals surface area contributed by atoms with Crippen LogP contribution in [0, 0.1) is 0 Å². The smallest absolute Gasteiger partial charge is 0.111 e. The third kappa shape index (κ3) is 3.49. The van der Waals surface area contributed by atoms with Gasteiger partial charge in [0.2, 0.25) is 0 Å². The Bertz CT molecular complexity index is 469. The maximum Gasteiger partial charge on any atom is 0.111 e. The van der Waals surface area contributed by atoms with Gasteiger partial charge in [0.1, 0.15) is 10.0 Å². The van der Waals surface area contributed by atoms with Crippen LogP contribution in [0.4, 0.5) is 0 Å². The van der Waals surface area contributed by atoms with Crippen molar-refractivity contribution in [1.82, 2.24) is 5.01 Å². The normalized spacial score (nSPS) is 18.2. The van der Waals surface area contributed by atoms with Gasteiger partial charge in [-0.3, -0.25) is 0 Å². The molecular weight excluding hydrogens is 308 g/mol. The van der Waals surface area contributed by atoms with E-state index in [9.17, 15) is 8.42 Å². The fourth-order valence-electron chi connectivity index (χ4n) is 1.44. The number of ether oxygens (including phenoxy) is 1. The fraction of sp³-hybridized carbons (Fsp3) is 0.400. The molecule has 0 unspecified atom stereocenters. The molecule has 2 rings (SSSR count). The van der Waals surface area contributed by atoms with E-state index >= 15 is 0 Å². The highest BCUT2D eigenvalue weighted by molar-refractivity contribution is 9.10. The zero-order valence-electron chi connectivity index (χ0n) is 9.04. The number of halogens is 1. The van der Waals surface area contributed by atoms with Crippen LogP contribution >= 0.6 is 15.9 Å². The lowest BCUT2D eigenvalue weighted by Gasteiger charge is -2.38. The fourth-order valence-corrected chi connectivity index (χ4v) is 2.75. The van der Waals surface area contributed by atoms with Gasteiger partial charge in [-0.1, -0.05) is 15.9 Å². The molecule has 94 valence electrons. The SMILES string of the molecule is O=S(=O)([N-]N1CCOCC1)c1ccc(Br)cc1. The van der Waals surface area contributed by atoms with E-state index in [1.807, 2.05) is 0 Å². The Hall–Kier alpha value is -0.470. The van der Waals surface area contributed by atoms with Crippen molar-refractivity contribution in [2.24, 2.45) is 0 Å². The van der Waals surface area contributed by atoms with Crippen LogP contribution in [-0.4, -0.2) is 39.7 Å². The average molecular weight is 320 g/mol. The lowest BCUT2D eigenvalue weighted by Crippen LogP contribution is -2.34. The maximum absolute atomic E-state index is 11.9. The van der Waals surface area contributed by atoms with Gasteiger partial charge in [0.15, 0.2) is 0 Å². The summed E-state index contributed by atoms with van der Waals surface area (Å²) in [7, 11) is -3.60. The van der Waals surface area contributed by atoms with Gasteiger partial charge < -0.3 is 14.6 Å². The van der Waals surface area contributed by atoms with Crippen molar-refractivity contribution in [2.45, 2.75) is 4.90 Å². The summed E-state index contributed by atoms with van der Waals surface area (Å²) in [5.41, 5.74) is 0. The molecule has 1 saturated heterocycles. The molecule has 0 radical (unpaired) electrons. The highest BCUT2D eigenvalue weighted by Gasteiger charge is 2.09. The first-order chi connectivity index (χ1) is 8.08. The van der Waals surface area contributed by atoms with E-state index in [2.05, 4.69) is 20.8 Å². The molecule has 0 N–H and O–H groups in total. The summed E-state index contributed by atoms with van der Waals surface area (Å²) in [4.78, 5) is 3.98. The Kier molecular flexibility index (Phi) is 4.16. The zero-order chi connectivity index (χ0) is 12.3. The standard InChI is InChI=1S/C10H12BrN2O3S/c11-9-1-3-10(4-2-9)17(14,15)12-13-5-7-16-8-6-13/h1-4H,5-8H2/q-1. The second kappa shape index (κ2) is 5.45. The topological polar surface area (TPSA) is 60.7 Å². The molecule has 0 bridgehead atoms. The molecule has 0 saturated carbocycles. The minimum atomic E-state index is -3.60. The van der Waals surface area contributed by atoms with Crippen LogP contribution in [-0.2, 0) is 14.8 Å². The predicted octanol–water partition coefficient (Wildman–Crippen LogP) is 1.76. The van der Waals surface area contributed by atoms with Crippen LogP contribution in [0.15, 0.2) is 33.6 Å². The molecule has 0 amide bonds. The van der Waals surface area contributed by atoms with Crippen LogP contribution in [0.3, 0.4) is 0 Å². The van der Waals surface area contributed by atoms with Crippen LogP contribution in [0.2, 0.25) is 0 Å². The van der Waals surface area contributed by atoms with E-state index in [0.29, 0.717) is 26.3 Å². The number of sulfonamides is 1. The summed E-state index contributed by atoms with van der Waals surface area (Å²) in [5.74, 6) is 0. The second-order valence-corrected chi connectivity index (χ2v) is 6.08. The van der Waals surface area contributed by atoms with Crippen molar-refractivity contribution in [3.8, 4) is 0 Å². The van der Waals surface area contributed by atoms with Crippen molar-refractivity contribution in [3.63, 3.8) is 0 Å². The van der Waals surface area contributed by atoms with Gasteiger partial charge in [-0.2, -0.15) is 0 Å². The summed E-state index contributed by atoms with van der Waals surface area (Å²) >= 11 is 3.26. The van der Waals surface area contributed by atoms with Gasteiger partial charge >= 0.3 is 0 Å². The molecule has 0 atom stereocenters. The summed E-state index contributed by atoms with van der Waals surface area (Å²) < 4.78 is 29.9. The summed E-state index contributed by atoms with van der Waals surface area (Å²) in [5, 5.41) is 1.53. The number of hydrogen-bond donors (Lipinski definition) is 0. The van der Waals surface area contributed by atoms with Crippen molar-refractivity contribution < 1.29 is 13.2 Å². The maximum atomic E-state index is 11.9. The minimum absolute atomic E-state index is 0.201. The zero-order valence-corrected chi connectivity index (χ0v) is 11.4. The molecule has 0 spiro atoms. The minimum Gasteiger partial charge on any atom is -0.477 e. The Morgan fingerprint density at radius 3 is 2.35 bits per heavy atom. The molecule has 1 heterocycles. The number of benzene rings is 1. The van der Waals surface area contributed by atoms with Crippen molar-refractivity contribution in [3.05, 3.63) is 33.6 Å². The lowest BCUT2D eigenvalue weighted by molar-refractivity contribution is 0.0572. The van der Waals surface area contributed by atoms with Crippen LogP contribution in [0.1, 0.15) is 0 Å². The van der Waals surface area contributed by atoms with Crippen molar-refractivity contribution in [1.29, 1.82) is 0 Å². The first-order valence-electron chi connectivity index (χ1n) is 5.14. The Balaban J connectivity index is 2.10. The highest BCUT2D eigenvalue weighted by atomic mass is 79.9. The average Bonchev–Trinajstić information content (AvgIpc) is 2.30. The third-order valence-corrected chi connectivity index (χ3v) is 4.16. The molecule has 0 aliphatic carbocycles. The van der Waals surface area contributed by atoms with Crippen molar-refractivity contribution in [2.75, 3.05) is 26.3 Å². The monoisotopic (exact) mass is 319 g/mol. The number of morpholine rings is 1. The van der Waals surface area contributed by atoms with Crippen LogP contribution in [0.5, 0.6) is 0 Å². The quantitative estimate of drug-likeness (QED) is 0.851. The van der Waals surface area contributed by atoms with Gasteiger partial charge in [0.25, 0.3) is 0 Å². The Labute approximate surface area is 109 Å². The molecule has 0 aromatic heterocycles. The van der Waals surface area contributed by atoms with E-state index in [4.69, 9.17) is 4.74 Å². The van der Waals surface area contributed by atoms with Gasteiger partial charge in [-0.25, -0.2) is 8.42 Å². The summed E-state index contributed by atoms with van der Waals surface area (Å²) in [6.07, 6.45) is 0. The van der Waals surface area contributed by atoms with Crippen molar-refractivity contribution >= 4 is 26.0 Å². The van der Waals surface area contributed by atoms with Gasteiger partial charge in [0.05, 0.1) is 13.2 Å². The highest BCUT2D eigenvalue weighted by Crippen LogP contribution is 2.21. The molecule has 17 heavy (non-hydrogen) atoms. The largest absolute Gasteiger partial charge is 0.477 e. The van der Waals surface area contributed by atoms with Gasteiger partial charge in [-0.15, -0.1) is 0 Å². The Morgan fingerprint density at radius 1 is 1.18 bits per heavy atom. The number of nitrogens with zero attached hydrogens (tertiary/aromatic N) is 2. The van der Waals surface area contributed by atoms with E-state index in [0.717, 1.165) is 4.47 Å². The molecule has 1 fully saturated rings. The molecule has 1 aliphatic rings. The van der Waals surface area contributed by atoms with E-state index < -0.39 is 10.0 Å². The molecular formula is C10H12BrN2O3S-.